The van der Waals surface area contributed by atoms with Gasteiger partial charge in [0, 0.05) is 19.6 Å². The summed E-state index contributed by atoms with van der Waals surface area (Å²) < 4.78 is 5.64. The number of thioether (sulfide) groups is 1. The van der Waals surface area contributed by atoms with E-state index in [0.717, 1.165) is 17.3 Å². The summed E-state index contributed by atoms with van der Waals surface area (Å²) in [5.74, 6) is -0.0423. The van der Waals surface area contributed by atoms with Crippen LogP contribution in [0.3, 0.4) is 0 Å². The van der Waals surface area contributed by atoms with E-state index in [-0.39, 0.29) is 6.10 Å². The number of rotatable bonds is 7. The fraction of sp³-hybridized carbons (Fsp3) is 0.364. The maximum atomic E-state index is 12.2. The molecular weight excluding hydrogens is 412 g/mol. The maximum Gasteiger partial charge on any atom is 0.235 e. The molecule has 1 amide bonds. The normalized spacial score (nSPS) is 16.9. The largest absolute Gasteiger partial charge is 0.373 e. The number of anilines is 1. The van der Waals surface area contributed by atoms with Crippen molar-refractivity contribution in [1.29, 1.82) is 10.5 Å². The van der Waals surface area contributed by atoms with Crippen LogP contribution in [-0.4, -0.2) is 43.2 Å². The van der Waals surface area contributed by atoms with Crippen LogP contribution in [0.15, 0.2) is 35.4 Å². The van der Waals surface area contributed by atoms with Gasteiger partial charge in [0.15, 0.2) is 0 Å². The predicted octanol–water partition coefficient (Wildman–Crippen LogP) is 1.87. The number of hydrogen-bond acceptors (Lipinski definition) is 8. The van der Waals surface area contributed by atoms with Gasteiger partial charge in [-0.15, -0.1) is 0 Å². The summed E-state index contributed by atoms with van der Waals surface area (Å²) in [4.78, 5) is 18.9. The van der Waals surface area contributed by atoms with E-state index < -0.39 is 11.2 Å². The first kappa shape index (κ1) is 22.6. The molecule has 9 heteroatoms. The number of carbonyl (C=O) groups is 1. The number of amides is 1. The molecule has 3 rings (SSSR count). The van der Waals surface area contributed by atoms with Gasteiger partial charge in [0.2, 0.25) is 5.91 Å². The van der Waals surface area contributed by atoms with Crippen LogP contribution in [0.2, 0.25) is 0 Å². The number of aromatic nitrogens is 1. The lowest BCUT2D eigenvalue weighted by atomic mass is 10.0. The first-order chi connectivity index (χ1) is 15.0. The third kappa shape index (κ3) is 4.80. The number of primary amides is 1. The Hall–Kier alpha value is -3.11. The van der Waals surface area contributed by atoms with E-state index in [0.29, 0.717) is 60.2 Å². The Labute approximate surface area is 185 Å². The van der Waals surface area contributed by atoms with Crippen molar-refractivity contribution in [3.05, 3.63) is 52.6 Å². The number of benzene rings is 1. The van der Waals surface area contributed by atoms with Crippen LogP contribution in [0.1, 0.15) is 34.4 Å². The lowest BCUT2D eigenvalue weighted by Gasteiger charge is -2.34. The summed E-state index contributed by atoms with van der Waals surface area (Å²) >= 11 is 1.13. The van der Waals surface area contributed by atoms with Crippen LogP contribution in [-0.2, 0) is 16.0 Å². The number of pyridine rings is 1. The minimum absolute atomic E-state index is 0.165. The van der Waals surface area contributed by atoms with E-state index >= 15 is 0 Å². The highest BCUT2D eigenvalue weighted by Crippen LogP contribution is 2.39. The van der Waals surface area contributed by atoms with E-state index in [1.165, 1.54) is 0 Å². The van der Waals surface area contributed by atoms with Crippen molar-refractivity contribution in [2.24, 2.45) is 11.5 Å². The summed E-state index contributed by atoms with van der Waals surface area (Å²) in [7, 11) is 0. The van der Waals surface area contributed by atoms with E-state index in [4.69, 9.17) is 21.2 Å². The molecule has 1 aliphatic heterocycles. The Morgan fingerprint density at radius 3 is 2.61 bits per heavy atom. The minimum Gasteiger partial charge on any atom is -0.373 e. The highest BCUT2D eigenvalue weighted by molar-refractivity contribution is 8.00. The van der Waals surface area contributed by atoms with E-state index in [9.17, 15) is 15.3 Å². The lowest BCUT2D eigenvalue weighted by Crippen LogP contribution is -2.46. The van der Waals surface area contributed by atoms with E-state index in [1.807, 2.05) is 42.2 Å². The van der Waals surface area contributed by atoms with Crippen LogP contribution >= 0.6 is 11.8 Å². The molecule has 1 aromatic heterocycles. The van der Waals surface area contributed by atoms with Crippen molar-refractivity contribution in [3.8, 4) is 12.1 Å². The molecule has 4 N–H and O–H groups in total. The van der Waals surface area contributed by atoms with Crippen molar-refractivity contribution in [1.82, 2.24) is 4.98 Å². The topological polar surface area (TPSA) is 142 Å². The van der Waals surface area contributed by atoms with Gasteiger partial charge in [-0.2, -0.15) is 10.5 Å². The number of nitrogens with zero attached hydrogens (tertiary/aromatic N) is 4. The van der Waals surface area contributed by atoms with Crippen LogP contribution in [0.5, 0.6) is 0 Å². The Bertz CT molecular complexity index is 1030. The Balaban J connectivity index is 2.12. The summed E-state index contributed by atoms with van der Waals surface area (Å²) in [6, 6.07) is 13.5. The van der Waals surface area contributed by atoms with Crippen LogP contribution < -0.4 is 16.4 Å². The molecule has 0 aliphatic carbocycles. The standard InChI is InChI=1S/C22H24N6O2S/c1-2-16-17(11-24)21(28-8-9-30-15(10-23)13-28)27-22(18(16)12-25)31-19(20(26)29)14-6-4-3-5-7-14/h3-7,15,19H,2,8-10,13,23H2,1H3,(H2,26,29)/t15-,19?/m0/s1. The van der Waals surface area contributed by atoms with Crippen LogP contribution in [0, 0.1) is 22.7 Å². The summed E-state index contributed by atoms with van der Waals surface area (Å²) in [6.45, 7) is 3.76. The van der Waals surface area contributed by atoms with Gasteiger partial charge in [0.05, 0.1) is 23.8 Å². The molecule has 2 atom stereocenters. The first-order valence-corrected chi connectivity index (χ1v) is 10.9. The summed E-state index contributed by atoms with van der Waals surface area (Å²) in [5, 5.41) is 19.4. The summed E-state index contributed by atoms with van der Waals surface area (Å²) in [5.41, 5.74) is 13.5. The Kier molecular flexibility index (Phi) is 7.48. The molecule has 1 fully saturated rings. The highest BCUT2D eigenvalue weighted by atomic mass is 32.2. The molecule has 1 aliphatic rings. The number of carbonyl (C=O) groups excluding carboxylic acids is 1. The van der Waals surface area contributed by atoms with Crippen molar-refractivity contribution in [2.75, 3.05) is 31.1 Å². The second-order valence-electron chi connectivity index (χ2n) is 7.03. The molecule has 1 unspecified atom stereocenters. The number of hydrogen-bond donors (Lipinski definition) is 2. The molecule has 160 valence electrons. The van der Waals surface area contributed by atoms with Gasteiger partial charge in [-0.1, -0.05) is 49.0 Å². The zero-order valence-electron chi connectivity index (χ0n) is 17.2. The number of morpholine rings is 1. The molecule has 31 heavy (non-hydrogen) atoms. The molecule has 1 saturated heterocycles. The van der Waals surface area contributed by atoms with Gasteiger partial charge in [-0.25, -0.2) is 4.98 Å². The average molecular weight is 437 g/mol. The van der Waals surface area contributed by atoms with E-state index in [1.54, 1.807) is 0 Å². The monoisotopic (exact) mass is 436 g/mol. The average Bonchev–Trinajstić information content (AvgIpc) is 2.81. The third-order valence-electron chi connectivity index (χ3n) is 5.12. The molecular formula is C22H24N6O2S. The molecule has 2 aromatic rings. The number of nitriles is 2. The Morgan fingerprint density at radius 2 is 2.03 bits per heavy atom. The minimum atomic E-state index is -0.715. The second-order valence-corrected chi connectivity index (χ2v) is 8.13. The van der Waals surface area contributed by atoms with Crippen molar-refractivity contribution in [3.63, 3.8) is 0 Å². The quantitative estimate of drug-likeness (QED) is 0.626. The molecule has 1 aromatic carbocycles. The van der Waals surface area contributed by atoms with Crippen molar-refractivity contribution in [2.45, 2.75) is 29.7 Å². The molecule has 8 nitrogen and oxygen atoms in total. The van der Waals surface area contributed by atoms with Gasteiger partial charge >= 0.3 is 0 Å². The zero-order valence-corrected chi connectivity index (χ0v) is 18.1. The fourth-order valence-corrected chi connectivity index (χ4v) is 4.64. The van der Waals surface area contributed by atoms with Gasteiger partial charge < -0.3 is 21.1 Å². The molecule has 0 bridgehead atoms. The molecule has 0 spiro atoms. The summed E-state index contributed by atoms with van der Waals surface area (Å²) in [6.07, 6.45) is 0.313. The predicted molar refractivity (Wildman–Crippen MR) is 118 cm³/mol. The SMILES string of the molecule is CCc1c(C#N)c(SC(C(N)=O)c2ccccc2)nc(N2CCO[C@@H](CN)C2)c1C#N. The van der Waals surface area contributed by atoms with Gasteiger partial charge in [-0.05, 0) is 17.5 Å². The number of nitrogens with two attached hydrogens (primary N) is 2. The van der Waals surface area contributed by atoms with Crippen LogP contribution in [0.4, 0.5) is 5.82 Å². The fourth-order valence-electron chi connectivity index (χ4n) is 3.58. The van der Waals surface area contributed by atoms with Crippen molar-refractivity contribution >= 4 is 23.5 Å². The zero-order chi connectivity index (χ0) is 22.4. The first-order valence-electron chi connectivity index (χ1n) is 9.98. The maximum absolute atomic E-state index is 12.2. The van der Waals surface area contributed by atoms with Crippen molar-refractivity contribution < 1.29 is 9.53 Å². The van der Waals surface area contributed by atoms with Crippen LogP contribution in [0.25, 0.3) is 0 Å². The van der Waals surface area contributed by atoms with Gasteiger partial charge in [-0.3, -0.25) is 4.79 Å². The smallest absolute Gasteiger partial charge is 0.235 e. The van der Waals surface area contributed by atoms with Gasteiger partial charge in [0.25, 0.3) is 0 Å². The van der Waals surface area contributed by atoms with Gasteiger partial charge in [0.1, 0.15) is 28.2 Å². The third-order valence-corrected chi connectivity index (χ3v) is 6.38. The molecule has 2 heterocycles. The second kappa shape index (κ2) is 10.3. The number of ether oxygens (including phenoxy) is 1. The molecule has 0 radical (unpaired) electrons. The Morgan fingerprint density at radius 1 is 1.32 bits per heavy atom. The molecule has 0 saturated carbocycles. The lowest BCUT2D eigenvalue weighted by molar-refractivity contribution is -0.117. The highest BCUT2D eigenvalue weighted by Gasteiger charge is 2.29. The van der Waals surface area contributed by atoms with E-state index in [2.05, 4.69) is 12.1 Å².